The molecule has 0 radical (unpaired) electrons. The van der Waals surface area contributed by atoms with Crippen LogP contribution in [0.25, 0.3) is 0 Å². The van der Waals surface area contributed by atoms with E-state index < -0.39 is 6.04 Å². The van der Waals surface area contributed by atoms with E-state index in [4.69, 9.17) is 5.73 Å². The maximum atomic E-state index is 11.9. The molecule has 106 valence electrons. The number of hydrogen-bond acceptors (Lipinski definition) is 4. The molecular formula is C15H18N2O2S. The highest BCUT2D eigenvalue weighted by molar-refractivity contribution is 7.10. The molecule has 1 heterocycles. The summed E-state index contributed by atoms with van der Waals surface area (Å²) in [6, 6.07) is 8.17. The molecule has 0 saturated heterocycles. The largest absolute Gasteiger partial charge is 0.508 e. The van der Waals surface area contributed by atoms with Gasteiger partial charge in [0.2, 0.25) is 5.91 Å². The van der Waals surface area contributed by atoms with Gasteiger partial charge < -0.3 is 16.2 Å². The van der Waals surface area contributed by atoms with E-state index in [2.05, 4.69) is 5.32 Å². The lowest BCUT2D eigenvalue weighted by atomic mass is 10.1. The summed E-state index contributed by atoms with van der Waals surface area (Å²) in [5.74, 6) is 0.0471. The number of nitrogens with one attached hydrogen (secondary N) is 1. The lowest BCUT2D eigenvalue weighted by Gasteiger charge is -2.12. The van der Waals surface area contributed by atoms with Gasteiger partial charge in [0.05, 0.1) is 12.6 Å². The molecule has 1 atom stereocenters. The SMILES string of the molecule is Cc1ccsc1CNC(=O)[C@@H](N)Cc1ccc(O)cc1. The predicted octanol–water partition coefficient (Wildman–Crippen LogP) is 1.95. The number of hydrogen-bond donors (Lipinski definition) is 3. The molecule has 2 rings (SSSR count). The quantitative estimate of drug-likeness (QED) is 0.788. The van der Waals surface area contributed by atoms with Gasteiger partial charge in [0.25, 0.3) is 0 Å². The van der Waals surface area contributed by atoms with Gasteiger partial charge in [-0.25, -0.2) is 0 Å². The summed E-state index contributed by atoms with van der Waals surface area (Å²) in [5.41, 5.74) is 8.00. The van der Waals surface area contributed by atoms with Crippen molar-refractivity contribution in [2.75, 3.05) is 0 Å². The number of aryl methyl sites for hydroxylation is 1. The molecule has 0 bridgehead atoms. The van der Waals surface area contributed by atoms with Crippen LogP contribution in [0.1, 0.15) is 16.0 Å². The highest BCUT2D eigenvalue weighted by Crippen LogP contribution is 2.15. The number of amides is 1. The monoisotopic (exact) mass is 290 g/mol. The molecule has 0 aliphatic carbocycles. The third-order valence-electron chi connectivity index (χ3n) is 3.12. The second-order valence-corrected chi connectivity index (χ2v) is 5.72. The zero-order valence-corrected chi connectivity index (χ0v) is 12.1. The van der Waals surface area contributed by atoms with Crippen LogP contribution in [0.2, 0.25) is 0 Å². The molecule has 0 aliphatic heterocycles. The average molecular weight is 290 g/mol. The lowest BCUT2D eigenvalue weighted by molar-refractivity contribution is -0.122. The number of rotatable bonds is 5. The molecule has 5 heteroatoms. The zero-order chi connectivity index (χ0) is 14.5. The van der Waals surface area contributed by atoms with Crippen molar-refractivity contribution in [1.82, 2.24) is 5.32 Å². The van der Waals surface area contributed by atoms with E-state index in [-0.39, 0.29) is 11.7 Å². The molecule has 0 aliphatic rings. The molecule has 1 amide bonds. The Morgan fingerprint density at radius 2 is 2.05 bits per heavy atom. The number of benzene rings is 1. The normalized spacial score (nSPS) is 12.1. The molecule has 4 N–H and O–H groups in total. The minimum Gasteiger partial charge on any atom is -0.508 e. The van der Waals surface area contributed by atoms with E-state index >= 15 is 0 Å². The van der Waals surface area contributed by atoms with Crippen LogP contribution < -0.4 is 11.1 Å². The highest BCUT2D eigenvalue weighted by Gasteiger charge is 2.14. The van der Waals surface area contributed by atoms with Gasteiger partial charge >= 0.3 is 0 Å². The number of thiophene rings is 1. The maximum absolute atomic E-state index is 11.9. The van der Waals surface area contributed by atoms with Crippen LogP contribution in [0.4, 0.5) is 0 Å². The molecule has 20 heavy (non-hydrogen) atoms. The second kappa shape index (κ2) is 6.54. The second-order valence-electron chi connectivity index (χ2n) is 4.72. The number of carbonyl (C=O) groups excluding carboxylic acids is 1. The van der Waals surface area contributed by atoms with Gasteiger partial charge in [-0.3, -0.25) is 4.79 Å². The van der Waals surface area contributed by atoms with Gasteiger partial charge in [-0.05, 0) is 48.1 Å². The Kier molecular flexibility index (Phi) is 4.76. The minimum atomic E-state index is -0.584. The first-order chi connectivity index (χ1) is 9.56. The summed E-state index contributed by atoms with van der Waals surface area (Å²) < 4.78 is 0. The smallest absolute Gasteiger partial charge is 0.237 e. The van der Waals surface area contributed by atoms with Crippen LogP contribution in [-0.4, -0.2) is 17.1 Å². The van der Waals surface area contributed by atoms with E-state index in [1.54, 1.807) is 35.6 Å². The van der Waals surface area contributed by atoms with Crippen molar-refractivity contribution in [3.63, 3.8) is 0 Å². The summed E-state index contributed by atoms with van der Waals surface area (Å²) in [4.78, 5) is 13.1. The van der Waals surface area contributed by atoms with Crippen molar-refractivity contribution in [2.45, 2.75) is 25.9 Å². The first kappa shape index (κ1) is 14.6. The molecule has 4 nitrogen and oxygen atoms in total. The van der Waals surface area contributed by atoms with E-state index in [0.717, 1.165) is 10.4 Å². The van der Waals surface area contributed by atoms with E-state index in [1.807, 2.05) is 18.4 Å². The van der Waals surface area contributed by atoms with Crippen LogP contribution in [0.15, 0.2) is 35.7 Å². The van der Waals surface area contributed by atoms with E-state index in [1.165, 1.54) is 5.56 Å². The number of phenols is 1. The third-order valence-corrected chi connectivity index (χ3v) is 4.14. The summed E-state index contributed by atoms with van der Waals surface area (Å²) in [6.07, 6.45) is 0.454. The van der Waals surface area contributed by atoms with Crippen LogP contribution in [0.5, 0.6) is 5.75 Å². The molecule has 0 saturated carbocycles. The van der Waals surface area contributed by atoms with E-state index in [9.17, 15) is 9.90 Å². The average Bonchev–Trinajstić information content (AvgIpc) is 2.84. The lowest BCUT2D eigenvalue weighted by Crippen LogP contribution is -2.41. The molecule has 1 aromatic heterocycles. The minimum absolute atomic E-state index is 0.161. The standard InChI is InChI=1S/C15H18N2O2S/c1-10-6-7-20-14(10)9-17-15(19)13(16)8-11-2-4-12(18)5-3-11/h2-7,13,18H,8-9,16H2,1H3,(H,17,19)/t13-/m0/s1. The first-order valence-corrected chi connectivity index (χ1v) is 7.28. The number of aromatic hydroxyl groups is 1. The van der Waals surface area contributed by atoms with Crippen LogP contribution >= 0.6 is 11.3 Å². The number of nitrogens with two attached hydrogens (primary N) is 1. The van der Waals surface area contributed by atoms with Crippen molar-refractivity contribution >= 4 is 17.2 Å². The Morgan fingerprint density at radius 1 is 1.35 bits per heavy atom. The van der Waals surface area contributed by atoms with Gasteiger partial charge in [-0.2, -0.15) is 0 Å². The number of carbonyl (C=O) groups is 1. The molecule has 0 fully saturated rings. The number of phenolic OH excluding ortho intramolecular Hbond substituents is 1. The van der Waals surface area contributed by atoms with Crippen molar-refractivity contribution < 1.29 is 9.90 Å². The molecule has 0 spiro atoms. The summed E-state index contributed by atoms with van der Waals surface area (Å²) >= 11 is 1.63. The van der Waals surface area contributed by atoms with Crippen molar-refractivity contribution in [2.24, 2.45) is 5.73 Å². The predicted molar refractivity (Wildman–Crippen MR) is 80.7 cm³/mol. The Hall–Kier alpha value is -1.85. The van der Waals surface area contributed by atoms with Gasteiger partial charge in [0.15, 0.2) is 0 Å². The molecule has 2 aromatic rings. The van der Waals surface area contributed by atoms with E-state index in [0.29, 0.717) is 13.0 Å². The van der Waals surface area contributed by atoms with Crippen LogP contribution in [-0.2, 0) is 17.8 Å². The van der Waals surface area contributed by atoms with Crippen molar-refractivity contribution in [3.8, 4) is 5.75 Å². The van der Waals surface area contributed by atoms with Crippen LogP contribution in [0, 0.1) is 6.92 Å². The Balaban J connectivity index is 1.86. The summed E-state index contributed by atoms with van der Waals surface area (Å²) in [5, 5.41) is 14.1. The van der Waals surface area contributed by atoms with Crippen molar-refractivity contribution in [1.29, 1.82) is 0 Å². The first-order valence-electron chi connectivity index (χ1n) is 6.40. The van der Waals surface area contributed by atoms with Gasteiger partial charge in [0, 0.05) is 4.88 Å². The third kappa shape index (κ3) is 3.82. The van der Waals surface area contributed by atoms with Gasteiger partial charge in [-0.15, -0.1) is 11.3 Å². The highest BCUT2D eigenvalue weighted by atomic mass is 32.1. The van der Waals surface area contributed by atoms with Gasteiger partial charge in [-0.1, -0.05) is 12.1 Å². The summed E-state index contributed by atoms with van der Waals surface area (Å²) in [6.45, 7) is 2.54. The Morgan fingerprint density at radius 3 is 2.65 bits per heavy atom. The fourth-order valence-corrected chi connectivity index (χ4v) is 2.71. The fourth-order valence-electron chi connectivity index (χ4n) is 1.86. The van der Waals surface area contributed by atoms with Crippen molar-refractivity contribution in [3.05, 3.63) is 51.7 Å². The van der Waals surface area contributed by atoms with Crippen LogP contribution in [0.3, 0.4) is 0 Å². The maximum Gasteiger partial charge on any atom is 0.237 e. The molecule has 1 aromatic carbocycles. The molecular weight excluding hydrogens is 272 g/mol. The Bertz CT molecular complexity index is 578. The van der Waals surface area contributed by atoms with Gasteiger partial charge in [0.1, 0.15) is 5.75 Å². The zero-order valence-electron chi connectivity index (χ0n) is 11.3. The molecule has 0 unspecified atom stereocenters. The summed E-state index contributed by atoms with van der Waals surface area (Å²) in [7, 11) is 0. The Labute approximate surface area is 122 Å². The topological polar surface area (TPSA) is 75.4 Å². The fraction of sp³-hybridized carbons (Fsp3) is 0.267.